The molecule has 3 rings (SSSR count). The predicted molar refractivity (Wildman–Crippen MR) is 299 cm³/mol. The fourth-order valence-corrected chi connectivity index (χ4v) is 9.11. The molecule has 0 saturated heterocycles. The second-order valence-corrected chi connectivity index (χ2v) is 20.2. The zero-order chi connectivity index (χ0) is 52.2. The Kier molecular flexibility index (Phi) is 32.2. The minimum atomic E-state index is -0.693. The van der Waals surface area contributed by atoms with Crippen molar-refractivity contribution in [1.29, 1.82) is 0 Å². The summed E-state index contributed by atoms with van der Waals surface area (Å²) in [5.74, 6) is 1.45. The van der Waals surface area contributed by atoms with E-state index in [0.29, 0.717) is 47.9 Å². The van der Waals surface area contributed by atoms with Crippen LogP contribution in [0.5, 0.6) is 11.5 Å². The first kappa shape index (κ1) is 61.4. The van der Waals surface area contributed by atoms with Crippen LogP contribution in [-0.4, -0.2) is 36.1 Å². The van der Waals surface area contributed by atoms with Gasteiger partial charge in [-0.25, -0.2) is 0 Å². The molecule has 0 aromatic heterocycles. The molecule has 0 fully saturated rings. The van der Waals surface area contributed by atoms with Gasteiger partial charge in [-0.15, -0.1) is 15.3 Å². The number of rotatable bonds is 43. The zero-order valence-corrected chi connectivity index (χ0v) is 46.0. The molecule has 0 aliphatic heterocycles. The minimum absolute atomic E-state index is 0.118. The van der Waals surface area contributed by atoms with E-state index in [1.54, 1.807) is 12.1 Å². The SMILES string of the molecule is CCCCCCCCCCCCN(CCCCCCCCCCCC)c1ccc(N=Nc2cc(OCC(CC)CCCC)c(N=Nc3ccc([N+](=O)[O-])cc3[N+](=O)[O-])cc2OCC(CC)CCCC)c(C)c1. The lowest BCUT2D eigenvalue weighted by Crippen LogP contribution is -2.25. The Morgan fingerprint density at radius 2 is 0.875 bits per heavy atom. The number of non-ortho nitro benzene ring substituents is 1. The summed E-state index contributed by atoms with van der Waals surface area (Å²) < 4.78 is 13.1. The molecule has 0 aliphatic rings. The molecule has 0 radical (unpaired) electrons. The molecule has 2 unspecified atom stereocenters. The van der Waals surface area contributed by atoms with E-state index >= 15 is 0 Å². The average Bonchev–Trinajstić information content (AvgIpc) is 3.38. The monoisotopic (exact) mass is 998 g/mol. The summed E-state index contributed by atoms with van der Waals surface area (Å²) in [5.41, 5.74) is 2.76. The predicted octanol–water partition coefficient (Wildman–Crippen LogP) is 20.5. The molecular weight excluding hydrogens is 903 g/mol. The highest BCUT2D eigenvalue weighted by Gasteiger charge is 2.21. The van der Waals surface area contributed by atoms with Crippen molar-refractivity contribution in [2.24, 2.45) is 32.3 Å². The van der Waals surface area contributed by atoms with Crippen molar-refractivity contribution in [3.63, 3.8) is 0 Å². The van der Waals surface area contributed by atoms with Crippen LogP contribution < -0.4 is 14.4 Å². The summed E-state index contributed by atoms with van der Waals surface area (Å²) in [5, 5.41) is 41.9. The van der Waals surface area contributed by atoms with Gasteiger partial charge in [0.25, 0.3) is 5.69 Å². The summed E-state index contributed by atoms with van der Waals surface area (Å²) in [4.78, 5) is 24.7. The number of nitro benzene ring substituents is 2. The van der Waals surface area contributed by atoms with Crippen molar-refractivity contribution in [2.45, 2.75) is 228 Å². The lowest BCUT2D eigenvalue weighted by atomic mass is 10.0. The average molecular weight is 998 g/mol. The molecule has 402 valence electrons. The Hall–Kier alpha value is -4.94. The first-order valence-corrected chi connectivity index (χ1v) is 28.6. The van der Waals surface area contributed by atoms with Crippen molar-refractivity contribution in [1.82, 2.24) is 0 Å². The molecule has 0 bridgehead atoms. The van der Waals surface area contributed by atoms with E-state index < -0.39 is 21.2 Å². The Morgan fingerprint density at radius 3 is 1.28 bits per heavy atom. The number of hydrogen-bond acceptors (Lipinski definition) is 11. The highest BCUT2D eigenvalue weighted by Crippen LogP contribution is 2.43. The molecule has 0 spiro atoms. The molecule has 2 atom stereocenters. The third-order valence-electron chi connectivity index (χ3n) is 14.1. The number of nitrogens with zero attached hydrogens (tertiary/aromatic N) is 7. The number of azo groups is 2. The fraction of sp³-hybridized carbons (Fsp3) is 0.695. The van der Waals surface area contributed by atoms with Gasteiger partial charge in [0.2, 0.25) is 0 Å². The van der Waals surface area contributed by atoms with Crippen molar-refractivity contribution < 1.29 is 19.3 Å². The topological polar surface area (TPSA) is 157 Å². The van der Waals surface area contributed by atoms with E-state index in [1.165, 1.54) is 146 Å². The van der Waals surface area contributed by atoms with Crippen molar-refractivity contribution in [2.75, 3.05) is 31.2 Å². The standard InChI is InChI=1S/C59H95N7O6/c1-8-14-18-20-22-24-26-28-30-32-40-64(41-33-31-29-27-25-23-21-19-15-9-2)51-36-38-53(48(7)42-51)60-62-55-44-59(72-47-50(13-6)35-17-11-4)56(45-58(55)71-46-49(12-5)34-16-10-3)63-61-54-39-37-52(65(67)68)43-57(54)66(69)70/h36-39,42-45,49-50H,8-35,40-41,46-47H2,1-7H3. The Morgan fingerprint density at radius 1 is 0.472 bits per heavy atom. The number of ether oxygens (including phenoxy) is 2. The minimum Gasteiger partial charge on any atom is -0.491 e. The lowest BCUT2D eigenvalue weighted by Gasteiger charge is -2.26. The second-order valence-electron chi connectivity index (χ2n) is 20.2. The maximum atomic E-state index is 12.0. The number of hydrogen-bond donors (Lipinski definition) is 0. The molecule has 3 aromatic carbocycles. The van der Waals surface area contributed by atoms with Crippen molar-refractivity contribution in [3.8, 4) is 11.5 Å². The molecular formula is C59H95N7O6. The van der Waals surface area contributed by atoms with Gasteiger partial charge in [-0.3, -0.25) is 20.2 Å². The van der Waals surface area contributed by atoms with E-state index in [2.05, 4.69) is 81.8 Å². The van der Waals surface area contributed by atoms with Crippen LogP contribution in [0.1, 0.15) is 227 Å². The van der Waals surface area contributed by atoms with Crippen LogP contribution in [0.2, 0.25) is 0 Å². The van der Waals surface area contributed by atoms with Crippen LogP contribution in [0.25, 0.3) is 0 Å². The molecule has 0 N–H and O–H groups in total. The number of aryl methyl sites for hydroxylation is 1. The van der Waals surface area contributed by atoms with E-state index in [0.717, 1.165) is 81.8 Å². The molecule has 0 aliphatic carbocycles. The Balaban J connectivity index is 1.97. The molecule has 0 amide bonds. The first-order chi connectivity index (χ1) is 35.1. The van der Waals surface area contributed by atoms with Gasteiger partial charge in [-0.2, -0.15) is 5.11 Å². The highest BCUT2D eigenvalue weighted by molar-refractivity contribution is 5.68. The first-order valence-electron chi connectivity index (χ1n) is 28.6. The van der Waals surface area contributed by atoms with Crippen LogP contribution in [-0.2, 0) is 0 Å². The zero-order valence-electron chi connectivity index (χ0n) is 46.0. The lowest BCUT2D eigenvalue weighted by molar-refractivity contribution is -0.393. The molecule has 0 heterocycles. The smallest absolute Gasteiger partial charge is 0.303 e. The van der Waals surface area contributed by atoms with Crippen LogP contribution in [0.4, 0.5) is 39.8 Å². The molecule has 13 nitrogen and oxygen atoms in total. The number of unbranched alkanes of at least 4 members (excludes halogenated alkanes) is 20. The van der Waals surface area contributed by atoms with Gasteiger partial charge in [-0.1, -0.05) is 196 Å². The molecule has 0 saturated carbocycles. The third kappa shape index (κ3) is 24.2. The van der Waals surface area contributed by atoms with E-state index in [1.807, 2.05) is 0 Å². The largest absolute Gasteiger partial charge is 0.491 e. The number of benzene rings is 3. The Labute approximate surface area is 435 Å². The number of nitro groups is 2. The van der Waals surface area contributed by atoms with Gasteiger partial charge in [0.1, 0.15) is 22.9 Å². The third-order valence-corrected chi connectivity index (χ3v) is 14.1. The summed E-state index contributed by atoms with van der Waals surface area (Å²) in [6.45, 7) is 18.3. The van der Waals surface area contributed by atoms with Gasteiger partial charge >= 0.3 is 5.69 Å². The molecule has 72 heavy (non-hydrogen) atoms. The van der Waals surface area contributed by atoms with Crippen molar-refractivity contribution >= 4 is 39.8 Å². The van der Waals surface area contributed by atoms with E-state index in [4.69, 9.17) is 19.7 Å². The highest BCUT2D eigenvalue weighted by atomic mass is 16.6. The quantitative estimate of drug-likeness (QED) is 0.0236. The summed E-state index contributed by atoms with van der Waals surface area (Å²) in [7, 11) is 0. The van der Waals surface area contributed by atoms with Crippen LogP contribution in [0.3, 0.4) is 0 Å². The van der Waals surface area contributed by atoms with Gasteiger partial charge in [0.05, 0.1) is 34.8 Å². The van der Waals surface area contributed by atoms with Crippen LogP contribution >= 0.6 is 0 Å². The second kappa shape index (κ2) is 37.8. The maximum Gasteiger partial charge on any atom is 0.303 e. The summed E-state index contributed by atoms with van der Waals surface area (Å²) >= 11 is 0. The van der Waals surface area contributed by atoms with Crippen LogP contribution in [0, 0.1) is 39.0 Å². The normalized spacial score (nSPS) is 12.5. The maximum absolute atomic E-state index is 12.0. The van der Waals surface area contributed by atoms with E-state index in [-0.39, 0.29) is 5.69 Å². The van der Waals surface area contributed by atoms with Crippen molar-refractivity contribution in [3.05, 3.63) is 74.3 Å². The molecule has 3 aromatic rings. The fourth-order valence-electron chi connectivity index (χ4n) is 9.11. The van der Waals surface area contributed by atoms with Crippen LogP contribution in [0.15, 0.2) is 69.0 Å². The molecule has 13 heteroatoms. The van der Waals surface area contributed by atoms with Gasteiger partial charge < -0.3 is 14.4 Å². The van der Waals surface area contributed by atoms with Gasteiger partial charge in [0.15, 0.2) is 5.69 Å². The number of anilines is 1. The van der Waals surface area contributed by atoms with Gasteiger partial charge in [-0.05, 0) is 74.3 Å². The summed E-state index contributed by atoms with van der Waals surface area (Å²) in [6.07, 6.45) is 34.7. The Bertz CT molecular complexity index is 2000. The summed E-state index contributed by atoms with van der Waals surface area (Å²) in [6, 6.07) is 13.3. The van der Waals surface area contributed by atoms with Gasteiger partial charge in [0, 0.05) is 37.0 Å². The van der Waals surface area contributed by atoms with E-state index in [9.17, 15) is 20.2 Å².